The SMILES string of the molecule is Cc1cc(-c2nc(C(=O)O)c(NC(=O)OC(C)(C)C)s2)cc2cn(C)nc12. The van der Waals surface area contributed by atoms with Crippen molar-refractivity contribution in [2.75, 3.05) is 5.32 Å². The highest BCUT2D eigenvalue weighted by atomic mass is 32.1. The normalized spacial score (nSPS) is 11.6. The average Bonchev–Trinajstić information content (AvgIpc) is 3.08. The van der Waals surface area contributed by atoms with Crippen LogP contribution >= 0.6 is 11.3 Å². The van der Waals surface area contributed by atoms with E-state index >= 15 is 0 Å². The van der Waals surface area contributed by atoms with Gasteiger partial charge in [0.05, 0.1) is 5.52 Å². The number of anilines is 1. The van der Waals surface area contributed by atoms with E-state index in [0.717, 1.165) is 33.4 Å². The van der Waals surface area contributed by atoms with Crippen LogP contribution in [0.25, 0.3) is 21.5 Å². The van der Waals surface area contributed by atoms with Gasteiger partial charge in [0, 0.05) is 24.2 Å². The van der Waals surface area contributed by atoms with Gasteiger partial charge in [-0.25, -0.2) is 14.6 Å². The first-order valence-corrected chi connectivity index (χ1v) is 9.03. The molecule has 0 bridgehead atoms. The zero-order chi connectivity index (χ0) is 19.9. The largest absolute Gasteiger partial charge is 0.476 e. The summed E-state index contributed by atoms with van der Waals surface area (Å²) in [6.07, 6.45) is 1.16. The monoisotopic (exact) mass is 388 g/mol. The second kappa shape index (κ2) is 6.66. The van der Waals surface area contributed by atoms with Gasteiger partial charge in [-0.2, -0.15) is 5.10 Å². The molecule has 8 nitrogen and oxygen atoms in total. The van der Waals surface area contributed by atoms with Gasteiger partial charge < -0.3 is 9.84 Å². The molecule has 0 radical (unpaired) electrons. The fourth-order valence-electron chi connectivity index (χ4n) is 2.62. The number of carbonyl (C=O) groups is 2. The van der Waals surface area contributed by atoms with Gasteiger partial charge in [-0.05, 0) is 45.4 Å². The van der Waals surface area contributed by atoms with Gasteiger partial charge in [0.2, 0.25) is 0 Å². The van der Waals surface area contributed by atoms with Crippen molar-refractivity contribution in [2.24, 2.45) is 7.05 Å². The van der Waals surface area contributed by atoms with Crippen molar-refractivity contribution >= 4 is 39.3 Å². The Labute approximate surface area is 159 Å². The second-order valence-corrected chi connectivity index (χ2v) is 8.16. The Bertz CT molecular complexity index is 1050. The lowest BCUT2D eigenvalue weighted by Gasteiger charge is -2.19. The van der Waals surface area contributed by atoms with Crippen LogP contribution in [0, 0.1) is 6.92 Å². The molecule has 0 unspecified atom stereocenters. The molecule has 0 aliphatic carbocycles. The summed E-state index contributed by atoms with van der Waals surface area (Å²) in [6, 6.07) is 3.80. The third-order valence-corrected chi connectivity index (χ3v) is 4.62. The molecule has 1 aromatic carbocycles. The van der Waals surface area contributed by atoms with Crippen molar-refractivity contribution in [3.05, 3.63) is 29.6 Å². The number of aryl methyl sites for hydroxylation is 2. The molecule has 142 valence electrons. The number of benzene rings is 1. The quantitative estimate of drug-likeness (QED) is 0.701. The maximum atomic E-state index is 12.0. The number of fused-ring (bicyclic) bond motifs is 1. The Balaban J connectivity index is 2.00. The van der Waals surface area contributed by atoms with Crippen LogP contribution in [0.5, 0.6) is 0 Å². The van der Waals surface area contributed by atoms with Crippen LogP contribution in [0.1, 0.15) is 36.8 Å². The van der Waals surface area contributed by atoms with E-state index in [9.17, 15) is 14.7 Å². The van der Waals surface area contributed by atoms with Gasteiger partial charge in [-0.3, -0.25) is 10.00 Å². The maximum Gasteiger partial charge on any atom is 0.412 e. The van der Waals surface area contributed by atoms with Crippen molar-refractivity contribution in [2.45, 2.75) is 33.3 Å². The van der Waals surface area contributed by atoms with Crippen LogP contribution in [0.4, 0.5) is 9.80 Å². The summed E-state index contributed by atoms with van der Waals surface area (Å²) in [7, 11) is 1.84. The van der Waals surface area contributed by atoms with E-state index < -0.39 is 17.7 Å². The lowest BCUT2D eigenvalue weighted by Crippen LogP contribution is -2.27. The minimum Gasteiger partial charge on any atom is -0.476 e. The Morgan fingerprint density at radius 1 is 1.30 bits per heavy atom. The first kappa shape index (κ1) is 18.8. The van der Waals surface area contributed by atoms with E-state index in [1.54, 1.807) is 25.5 Å². The molecular formula is C18H20N4O4S. The zero-order valence-electron chi connectivity index (χ0n) is 15.7. The number of thiazole rings is 1. The molecule has 1 amide bonds. The second-order valence-electron chi connectivity index (χ2n) is 7.16. The molecule has 2 N–H and O–H groups in total. The van der Waals surface area contributed by atoms with Crippen LogP contribution in [-0.4, -0.2) is 37.5 Å². The van der Waals surface area contributed by atoms with Crippen LogP contribution in [0.2, 0.25) is 0 Å². The summed E-state index contributed by atoms with van der Waals surface area (Å²) < 4.78 is 6.92. The molecular weight excluding hydrogens is 368 g/mol. The first-order valence-electron chi connectivity index (χ1n) is 8.22. The highest BCUT2D eigenvalue weighted by molar-refractivity contribution is 7.19. The molecule has 3 aromatic rings. The molecule has 2 aromatic heterocycles. The average molecular weight is 388 g/mol. The number of rotatable bonds is 3. The smallest absolute Gasteiger partial charge is 0.412 e. The van der Waals surface area contributed by atoms with E-state index in [2.05, 4.69) is 15.4 Å². The molecule has 27 heavy (non-hydrogen) atoms. The third kappa shape index (κ3) is 4.08. The number of aromatic nitrogens is 3. The Hall–Kier alpha value is -2.94. The maximum absolute atomic E-state index is 12.0. The number of aromatic carboxylic acids is 1. The van der Waals surface area contributed by atoms with Crippen LogP contribution in [0.15, 0.2) is 18.3 Å². The molecule has 0 saturated heterocycles. The molecule has 3 rings (SSSR count). The summed E-state index contributed by atoms with van der Waals surface area (Å²) in [5.41, 5.74) is 1.69. The van der Waals surface area contributed by atoms with Crippen LogP contribution in [0.3, 0.4) is 0 Å². The molecule has 9 heteroatoms. The van der Waals surface area contributed by atoms with Gasteiger partial charge in [-0.15, -0.1) is 0 Å². The Kier molecular flexibility index (Phi) is 4.64. The fourth-order valence-corrected chi connectivity index (χ4v) is 3.55. The number of carboxylic acids is 1. The number of nitrogens with zero attached hydrogens (tertiary/aromatic N) is 3. The summed E-state index contributed by atoms with van der Waals surface area (Å²) in [5.74, 6) is -1.22. The number of carboxylic acid groups (broad SMARTS) is 1. The van der Waals surface area contributed by atoms with Crippen molar-refractivity contribution in [1.29, 1.82) is 0 Å². The van der Waals surface area contributed by atoms with E-state index in [0.29, 0.717) is 5.01 Å². The van der Waals surface area contributed by atoms with Gasteiger partial charge in [0.15, 0.2) is 5.69 Å². The number of carbonyl (C=O) groups excluding carboxylic acids is 1. The number of hydrogen-bond acceptors (Lipinski definition) is 6. The predicted molar refractivity (Wildman–Crippen MR) is 103 cm³/mol. The van der Waals surface area contributed by atoms with Crippen LogP contribution in [-0.2, 0) is 11.8 Å². The highest BCUT2D eigenvalue weighted by Crippen LogP contribution is 2.35. The fraction of sp³-hybridized carbons (Fsp3) is 0.333. The van der Waals surface area contributed by atoms with Crippen molar-refractivity contribution < 1.29 is 19.4 Å². The molecule has 2 heterocycles. The molecule has 0 atom stereocenters. The van der Waals surface area contributed by atoms with Gasteiger partial charge in [0.1, 0.15) is 15.6 Å². The summed E-state index contributed by atoms with van der Waals surface area (Å²) in [6.45, 7) is 7.13. The molecule has 0 saturated carbocycles. The minimum atomic E-state index is -1.22. The van der Waals surface area contributed by atoms with E-state index in [1.165, 1.54) is 0 Å². The van der Waals surface area contributed by atoms with Gasteiger partial charge >= 0.3 is 12.1 Å². The van der Waals surface area contributed by atoms with Gasteiger partial charge in [-0.1, -0.05) is 11.3 Å². The Morgan fingerprint density at radius 3 is 2.63 bits per heavy atom. The first-order chi connectivity index (χ1) is 12.5. The zero-order valence-corrected chi connectivity index (χ0v) is 16.5. The van der Waals surface area contributed by atoms with E-state index in [1.807, 2.05) is 32.3 Å². The summed E-state index contributed by atoms with van der Waals surface area (Å²) >= 11 is 1.09. The Morgan fingerprint density at radius 2 is 2.00 bits per heavy atom. The minimum absolute atomic E-state index is 0.135. The predicted octanol–water partition coefficient (Wildman–Crippen LogP) is 4.05. The molecule has 0 aliphatic rings. The van der Waals surface area contributed by atoms with Gasteiger partial charge in [0.25, 0.3) is 0 Å². The topological polar surface area (TPSA) is 106 Å². The van der Waals surface area contributed by atoms with Crippen molar-refractivity contribution in [3.63, 3.8) is 0 Å². The summed E-state index contributed by atoms with van der Waals surface area (Å²) in [4.78, 5) is 27.8. The van der Waals surface area contributed by atoms with Crippen molar-refractivity contribution in [1.82, 2.24) is 14.8 Å². The summed E-state index contributed by atoms with van der Waals surface area (Å²) in [5, 5.41) is 17.9. The molecule has 0 aliphatic heterocycles. The lowest BCUT2D eigenvalue weighted by molar-refractivity contribution is 0.0636. The third-order valence-electron chi connectivity index (χ3n) is 3.60. The number of amides is 1. The van der Waals surface area contributed by atoms with Crippen molar-refractivity contribution in [3.8, 4) is 10.6 Å². The van der Waals surface area contributed by atoms with E-state index in [-0.39, 0.29) is 10.7 Å². The van der Waals surface area contributed by atoms with E-state index in [4.69, 9.17) is 4.74 Å². The highest BCUT2D eigenvalue weighted by Gasteiger charge is 2.23. The number of ether oxygens (including phenoxy) is 1. The lowest BCUT2D eigenvalue weighted by atomic mass is 10.1. The number of hydrogen-bond donors (Lipinski definition) is 2. The van der Waals surface area contributed by atoms with Crippen LogP contribution < -0.4 is 5.32 Å². The molecule has 0 spiro atoms. The standard InChI is InChI=1S/C18H20N4O4S/c1-9-6-10(7-11-8-22(5)21-12(9)11)14-19-13(16(23)24)15(27-14)20-17(25)26-18(2,3)4/h6-8H,1-5H3,(H,20,25)(H,23,24). The number of nitrogens with one attached hydrogen (secondary N) is 1. The molecule has 0 fully saturated rings.